The highest BCUT2D eigenvalue weighted by molar-refractivity contribution is 5.85. The summed E-state index contributed by atoms with van der Waals surface area (Å²) in [5.41, 5.74) is -0.455. The van der Waals surface area contributed by atoms with Crippen molar-refractivity contribution < 1.29 is 14.7 Å². The van der Waals surface area contributed by atoms with Crippen molar-refractivity contribution in [2.24, 2.45) is 23.2 Å². The largest absolute Gasteiger partial charge is 0.480 e. The van der Waals surface area contributed by atoms with Crippen LogP contribution in [0.5, 0.6) is 0 Å². The van der Waals surface area contributed by atoms with Crippen LogP contribution < -0.4 is 5.32 Å². The maximum absolute atomic E-state index is 12.0. The summed E-state index contributed by atoms with van der Waals surface area (Å²) in [4.78, 5) is 23.2. The summed E-state index contributed by atoms with van der Waals surface area (Å²) in [5, 5.41) is 11.8. The number of rotatable bonds is 3. The predicted molar refractivity (Wildman–Crippen MR) is 63.3 cm³/mol. The fourth-order valence-corrected chi connectivity index (χ4v) is 2.84. The minimum atomic E-state index is -0.950. The molecule has 3 unspecified atom stereocenters. The molecule has 0 radical (unpaired) electrons. The van der Waals surface area contributed by atoms with Crippen LogP contribution in [0.4, 0.5) is 0 Å². The number of fused-ring (bicyclic) bond motifs is 1. The molecule has 4 heteroatoms. The van der Waals surface area contributed by atoms with Crippen molar-refractivity contribution in [1.29, 1.82) is 0 Å². The summed E-state index contributed by atoms with van der Waals surface area (Å²) in [6.45, 7) is 5.49. The van der Waals surface area contributed by atoms with Gasteiger partial charge in [-0.2, -0.15) is 0 Å². The van der Waals surface area contributed by atoms with Crippen LogP contribution in [-0.4, -0.2) is 23.0 Å². The van der Waals surface area contributed by atoms with Gasteiger partial charge in [0.25, 0.3) is 0 Å². The van der Waals surface area contributed by atoms with Gasteiger partial charge in [-0.3, -0.25) is 4.79 Å². The number of nitrogens with one attached hydrogen (secondary N) is 1. The molecule has 0 bridgehead atoms. The molecule has 96 valence electrons. The molecule has 2 rings (SSSR count). The van der Waals surface area contributed by atoms with Gasteiger partial charge in [-0.15, -0.1) is 0 Å². The zero-order valence-electron chi connectivity index (χ0n) is 10.7. The van der Waals surface area contributed by atoms with Gasteiger partial charge in [0.05, 0.1) is 0 Å². The molecule has 2 aliphatic carbocycles. The Balaban J connectivity index is 1.93. The lowest BCUT2D eigenvalue weighted by atomic mass is 9.86. The average Bonchev–Trinajstić information content (AvgIpc) is 2.79. The van der Waals surface area contributed by atoms with Crippen LogP contribution in [0.25, 0.3) is 0 Å². The lowest BCUT2D eigenvalue weighted by molar-refractivity contribution is -0.145. The van der Waals surface area contributed by atoms with Gasteiger partial charge in [0.2, 0.25) is 5.91 Å². The molecule has 2 aliphatic rings. The van der Waals surface area contributed by atoms with Gasteiger partial charge < -0.3 is 10.4 Å². The van der Waals surface area contributed by atoms with Crippen molar-refractivity contribution in [2.75, 3.05) is 0 Å². The van der Waals surface area contributed by atoms with Crippen molar-refractivity contribution in [1.82, 2.24) is 5.32 Å². The number of carboxylic acids is 1. The third kappa shape index (κ3) is 2.61. The third-order valence-electron chi connectivity index (χ3n) is 4.01. The topological polar surface area (TPSA) is 66.4 Å². The van der Waals surface area contributed by atoms with Crippen LogP contribution in [-0.2, 0) is 9.59 Å². The Labute approximate surface area is 102 Å². The number of carbonyl (C=O) groups excluding carboxylic acids is 1. The van der Waals surface area contributed by atoms with Crippen LogP contribution in [0.2, 0.25) is 0 Å². The van der Waals surface area contributed by atoms with Crippen LogP contribution >= 0.6 is 0 Å². The quantitative estimate of drug-likeness (QED) is 0.787. The summed E-state index contributed by atoms with van der Waals surface area (Å²) < 4.78 is 0. The van der Waals surface area contributed by atoms with Gasteiger partial charge >= 0.3 is 5.97 Å². The molecular weight excluding hydrogens is 218 g/mol. The second-order valence-corrected chi connectivity index (χ2v) is 6.57. The highest BCUT2D eigenvalue weighted by Gasteiger charge is 2.48. The molecule has 0 saturated heterocycles. The van der Waals surface area contributed by atoms with E-state index in [1.54, 1.807) is 0 Å². The first-order chi connectivity index (χ1) is 7.79. The number of aliphatic carboxylic acids is 1. The fraction of sp³-hybridized carbons (Fsp3) is 0.846. The molecule has 2 saturated carbocycles. The van der Waals surface area contributed by atoms with Crippen LogP contribution in [0, 0.1) is 23.2 Å². The lowest BCUT2D eigenvalue weighted by Crippen LogP contribution is -2.50. The summed E-state index contributed by atoms with van der Waals surface area (Å²) in [5.74, 6) is 0.504. The highest BCUT2D eigenvalue weighted by atomic mass is 16.4. The van der Waals surface area contributed by atoms with Crippen LogP contribution in [0.15, 0.2) is 0 Å². The molecule has 4 nitrogen and oxygen atoms in total. The van der Waals surface area contributed by atoms with Crippen molar-refractivity contribution >= 4 is 11.9 Å². The Morgan fingerprint density at radius 3 is 2.12 bits per heavy atom. The van der Waals surface area contributed by atoms with E-state index in [2.05, 4.69) is 5.32 Å². The van der Waals surface area contributed by atoms with Crippen molar-refractivity contribution in [3.05, 3.63) is 0 Å². The molecule has 2 fully saturated rings. The molecule has 2 N–H and O–H groups in total. The van der Waals surface area contributed by atoms with Crippen LogP contribution in [0.1, 0.15) is 40.0 Å². The first-order valence-corrected chi connectivity index (χ1v) is 6.32. The Bertz CT molecular complexity index is 335. The smallest absolute Gasteiger partial charge is 0.326 e. The van der Waals surface area contributed by atoms with E-state index in [1.165, 1.54) is 6.42 Å². The van der Waals surface area contributed by atoms with Gasteiger partial charge in [0.15, 0.2) is 0 Å². The SMILES string of the molecule is CC(C)(C)C(NC(=O)C1CC2CC2C1)C(=O)O. The second-order valence-electron chi connectivity index (χ2n) is 6.57. The number of carboxylic acid groups (broad SMARTS) is 1. The number of carbonyl (C=O) groups is 2. The van der Waals surface area contributed by atoms with Gasteiger partial charge in [-0.05, 0) is 36.5 Å². The molecule has 17 heavy (non-hydrogen) atoms. The summed E-state index contributed by atoms with van der Waals surface area (Å²) in [6, 6.07) is -0.799. The van der Waals surface area contributed by atoms with E-state index >= 15 is 0 Å². The van der Waals surface area contributed by atoms with Crippen molar-refractivity contribution in [3.63, 3.8) is 0 Å². The Hall–Kier alpha value is -1.06. The molecule has 3 atom stereocenters. The summed E-state index contributed by atoms with van der Waals surface area (Å²) >= 11 is 0. The molecule has 0 aromatic heterocycles. The van der Waals surface area contributed by atoms with E-state index in [9.17, 15) is 9.59 Å². The van der Waals surface area contributed by atoms with E-state index in [-0.39, 0.29) is 11.8 Å². The first kappa shape index (κ1) is 12.4. The van der Waals surface area contributed by atoms with E-state index in [4.69, 9.17) is 5.11 Å². The van der Waals surface area contributed by atoms with E-state index < -0.39 is 17.4 Å². The minimum Gasteiger partial charge on any atom is -0.480 e. The number of hydrogen-bond acceptors (Lipinski definition) is 2. The number of hydrogen-bond donors (Lipinski definition) is 2. The van der Waals surface area contributed by atoms with Gasteiger partial charge in [-0.25, -0.2) is 4.79 Å². The zero-order valence-corrected chi connectivity index (χ0v) is 10.7. The third-order valence-corrected chi connectivity index (χ3v) is 4.01. The Kier molecular flexibility index (Phi) is 2.92. The van der Waals surface area contributed by atoms with E-state index in [1.807, 2.05) is 20.8 Å². The lowest BCUT2D eigenvalue weighted by Gasteiger charge is -2.29. The average molecular weight is 239 g/mol. The molecule has 0 aromatic carbocycles. The molecule has 1 amide bonds. The maximum Gasteiger partial charge on any atom is 0.326 e. The highest BCUT2D eigenvalue weighted by Crippen LogP contribution is 2.54. The molecular formula is C13H21NO3. The Morgan fingerprint density at radius 2 is 1.71 bits per heavy atom. The van der Waals surface area contributed by atoms with Gasteiger partial charge in [-0.1, -0.05) is 20.8 Å². The zero-order chi connectivity index (χ0) is 12.8. The normalized spacial score (nSPS) is 32.8. The maximum atomic E-state index is 12.0. The molecule has 0 heterocycles. The fourth-order valence-electron chi connectivity index (χ4n) is 2.84. The van der Waals surface area contributed by atoms with Gasteiger partial charge in [0, 0.05) is 5.92 Å². The molecule has 0 aromatic rings. The first-order valence-electron chi connectivity index (χ1n) is 6.32. The summed E-state index contributed by atoms with van der Waals surface area (Å²) in [7, 11) is 0. The Morgan fingerprint density at radius 1 is 1.18 bits per heavy atom. The monoisotopic (exact) mass is 239 g/mol. The standard InChI is InChI=1S/C13H21NO3/c1-13(2,3)10(12(16)17)14-11(15)9-5-7-4-8(7)6-9/h7-10H,4-6H2,1-3H3,(H,14,15)(H,16,17). The van der Waals surface area contributed by atoms with Crippen molar-refractivity contribution in [2.45, 2.75) is 46.1 Å². The predicted octanol–water partition coefficient (Wildman–Crippen LogP) is 1.65. The van der Waals surface area contributed by atoms with Gasteiger partial charge in [0.1, 0.15) is 6.04 Å². The number of amides is 1. The molecule has 0 spiro atoms. The molecule has 0 aliphatic heterocycles. The van der Waals surface area contributed by atoms with E-state index in [0.717, 1.165) is 24.7 Å². The van der Waals surface area contributed by atoms with Crippen molar-refractivity contribution in [3.8, 4) is 0 Å². The van der Waals surface area contributed by atoms with E-state index in [0.29, 0.717) is 0 Å². The minimum absolute atomic E-state index is 0.0444. The second kappa shape index (κ2) is 4.00. The summed E-state index contributed by atoms with van der Waals surface area (Å²) in [6.07, 6.45) is 3.17. The van der Waals surface area contributed by atoms with Crippen LogP contribution in [0.3, 0.4) is 0 Å².